The second kappa shape index (κ2) is 5.70. The lowest BCUT2D eigenvalue weighted by molar-refractivity contribution is -0.136. The number of hydrogen-bond acceptors (Lipinski definition) is 4. The van der Waals surface area contributed by atoms with Crippen molar-refractivity contribution in [3.63, 3.8) is 0 Å². The number of hydrogen-bond donors (Lipinski definition) is 1. The van der Waals surface area contributed by atoms with Gasteiger partial charge in [0.15, 0.2) is 5.69 Å². The molecule has 0 saturated carbocycles. The van der Waals surface area contributed by atoms with Crippen LogP contribution in [0.2, 0.25) is 0 Å². The summed E-state index contributed by atoms with van der Waals surface area (Å²) in [4.78, 5) is 6.65. The second-order valence-electron chi connectivity index (χ2n) is 5.94. The lowest BCUT2D eigenvalue weighted by Gasteiger charge is -2.21. The summed E-state index contributed by atoms with van der Waals surface area (Å²) in [5, 5.41) is 11.6. The van der Waals surface area contributed by atoms with Crippen LogP contribution in [0.3, 0.4) is 0 Å². The zero-order chi connectivity index (χ0) is 20.2. The first-order valence-electron chi connectivity index (χ1n) is 7.25. The zero-order valence-corrected chi connectivity index (χ0v) is 13.4. The summed E-state index contributed by atoms with van der Waals surface area (Å²) in [6, 6.07) is 1.89. The van der Waals surface area contributed by atoms with E-state index >= 15 is 0 Å². The number of aliphatic imine (C=N–C) groups is 1. The Morgan fingerprint density at radius 3 is 2.48 bits per heavy atom. The van der Waals surface area contributed by atoms with Crippen molar-refractivity contribution in [3.8, 4) is 0 Å². The molecule has 0 radical (unpaired) electrons. The van der Waals surface area contributed by atoms with Gasteiger partial charge in [0.05, 0.1) is 17.8 Å². The van der Waals surface area contributed by atoms with Gasteiger partial charge in [0.25, 0.3) is 0 Å². The van der Waals surface area contributed by atoms with Crippen molar-refractivity contribution >= 4 is 29.0 Å². The van der Waals surface area contributed by atoms with Crippen molar-refractivity contribution in [2.45, 2.75) is 31.2 Å². The molecule has 0 amide bonds. The van der Waals surface area contributed by atoms with Gasteiger partial charge in [0.1, 0.15) is 11.3 Å². The molecule has 2 heterocycles. The molecular formula is C15H9F6N5O. The molecule has 1 aromatic rings. The van der Waals surface area contributed by atoms with Crippen LogP contribution in [-0.2, 0) is 10.9 Å². The number of alkyl halides is 6. The maximum atomic E-state index is 13.1. The van der Waals surface area contributed by atoms with Crippen LogP contribution in [0, 0.1) is 12.0 Å². The summed E-state index contributed by atoms with van der Waals surface area (Å²) in [6.45, 7) is 8.09. The summed E-state index contributed by atoms with van der Waals surface area (Å²) in [5.74, 6) is -0.390. The molecule has 0 bridgehead atoms. The Morgan fingerprint density at radius 2 is 1.93 bits per heavy atom. The van der Waals surface area contributed by atoms with Gasteiger partial charge in [-0.15, -0.1) is 0 Å². The van der Waals surface area contributed by atoms with Gasteiger partial charge in [0, 0.05) is 6.42 Å². The van der Waals surface area contributed by atoms with Gasteiger partial charge in [-0.05, 0) is 19.1 Å². The van der Waals surface area contributed by atoms with Gasteiger partial charge in [-0.3, -0.25) is 0 Å². The number of fused-ring (bicyclic) bond motifs is 1. The number of hydrazone groups is 1. The molecule has 1 atom stereocenters. The van der Waals surface area contributed by atoms with Gasteiger partial charge in [-0.1, -0.05) is 6.07 Å². The van der Waals surface area contributed by atoms with Gasteiger partial charge in [0.2, 0.25) is 5.90 Å². The Labute approximate surface area is 148 Å². The predicted molar refractivity (Wildman–Crippen MR) is 82.0 cm³/mol. The maximum Gasteiger partial charge on any atom is 0.431 e. The fourth-order valence-electron chi connectivity index (χ4n) is 2.68. The third-order valence-electron chi connectivity index (χ3n) is 4.01. The van der Waals surface area contributed by atoms with Crippen LogP contribution in [0.25, 0.3) is 4.85 Å². The predicted octanol–water partition coefficient (Wildman–Crippen LogP) is 4.63. The molecule has 1 unspecified atom stereocenters. The number of benzene rings is 1. The fraction of sp³-hybridized carbons (Fsp3) is 0.333. The van der Waals surface area contributed by atoms with Crippen LogP contribution in [0.5, 0.6) is 0 Å². The molecule has 27 heavy (non-hydrogen) atoms. The molecule has 1 saturated heterocycles. The molecule has 1 N–H and O–H groups in total. The average Bonchev–Trinajstić information content (AvgIpc) is 3.01. The average molecular weight is 389 g/mol. The summed E-state index contributed by atoms with van der Waals surface area (Å²) < 4.78 is 83.0. The Kier molecular flexibility index (Phi) is 3.94. The molecule has 142 valence electrons. The molecule has 0 aliphatic carbocycles. The quantitative estimate of drug-likeness (QED) is 0.562. The van der Waals surface area contributed by atoms with Crippen LogP contribution >= 0.6 is 0 Å². The smallest absolute Gasteiger partial charge is 0.407 e. The van der Waals surface area contributed by atoms with Crippen LogP contribution in [0.1, 0.15) is 18.9 Å². The molecule has 6 nitrogen and oxygen atoms in total. The second-order valence-corrected chi connectivity index (χ2v) is 5.94. The lowest BCUT2D eigenvalue weighted by atomic mass is 9.96. The topological polar surface area (TPSA) is 65.4 Å². The van der Waals surface area contributed by atoms with Gasteiger partial charge >= 0.3 is 18.4 Å². The minimum Gasteiger partial charge on any atom is -0.407 e. The number of halogens is 6. The Bertz CT molecular complexity index is 926. The standard InChI is InChI=1S/C15H9F6N5O/c1-13-6-10(15(19,20)21)25-26(13)12(22)27-11(13)24-7-3-4-9(23-2)8(5-7)14(16,17)18/h3-5,22H,6H2,1H3. The first-order valence-corrected chi connectivity index (χ1v) is 7.25. The van der Waals surface area contributed by atoms with Crippen LogP contribution in [0.15, 0.2) is 28.3 Å². The first-order chi connectivity index (χ1) is 12.4. The minimum atomic E-state index is -4.81. The van der Waals surface area contributed by atoms with Crippen LogP contribution < -0.4 is 0 Å². The normalized spacial score (nSPS) is 23.9. The van der Waals surface area contributed by atoms with Crippen molar-refractivity contribution in [3.05, 3.63) is 35.2 Å². The lowest BCUT2D eigenvalue weighted by Crippen LogP contribution is -2.41. The number of rotatable bonds is 1. The molecule has 0 aromatic heterocycles. The molecule has 2 aliphatic rings. The molecule has 2 aliphatic heterocycles. The van der Waals surface area contributed by atoms with E-state index in [1.165, 1.54) is 6.92 Å². The zero-order valence-electron chi connectivity index (χ0n) is 13.4. The highest BCUT2D eigenvalue weighted by Gasteiger charge is 2.57. The van der Waals surface area contributed by atoms with E-state index in [4.69, 9.17) is 16.7 Å². The molecule has 3 rings (SSSR count). The van der Waals surface area contributed by atoms with E-state index in [1.54, 1.807) is 0 Å². The van der Waals surface area contributed by atoms with E-state index in [0.717, 1.165) is 12.1 Å². The van der Waals surface area contributed by atoms with Gasteiger partial charge in [-0.25, -0.2) is 20.3 Å². The molecular weight excluding hydrogens is 380 g/mol. The third-order valence-corrected chi connectivity index (χ3v) is 4.01. The van der Waals surface area contributed by atoms with Gasteiger partial charge in [-0.2, -0.15) is 31.4 Å². The van der Waals surface area contributed by atoms with E-state index in [1.807, 2.05) is 0 Å². The van der Waals surface area contributed by atoms with E-state index in [2.05, 4.69) is 14.9 Å². The van der Waals surface area contributed by atoms with Crippen molar-refractivity contribution in [2.24, 2.45) is 10.1 Å². The Hall–Kier alpha value is -3.10. The minimum absolute atomic E-state index is 0.277. The number of nitrogens with one attached hydrogen (secondary N) is 1. The highest BCUT2D eigenvalue weighted by molar-refractivity contribution is 6.09. The van der Waals surface area contributed by atoms with Crippen molar-refractivity contribution in [2.75, 3.05) is 0 Å². The summed E-state index contributed by atoms with van der Waals surface area (Å²) in [5.41, 5.74) is -4.87. The first kappa shape index (κ1) is 18.7. The highest BCUT2D eigenvalue weighted by atomic mass is 19.4. The van der Waals surface area contributed by atoms with E-state index in [0.29, 0.717) is 11.1 Å². The summed E-state index contributed by atoms with van der Waals surface area (Å²) >= 11 is 0. The van der Waals surface area contributed by atoms with E-state index < -0.39 is 47.3 Å². The van der Waals surface area contributed by atoms with E-state index in [9.17, 15) is 26.3 Å². The monoisotopic (exact) mass is 389 g/mol. The Morgan fingerprint density at radius 1 is 1.26 bits per heavy atom. The number of ether oxygens (including phenoxy) is 1. The third kappa shape index (κ3) is 3.09. The fourth-order valence-corrected chi connectivity index (χ4v) is 2.68. The summed E-state index contributed by atoms with van der Waals surface area (Å²) in [7, 11) is 0. The molecule has 0 spiro atoms. The van der Waals surface area contributed by atoms with Crippen LogP contribution in [-0.4, -0.2) is 34.4 Å². The van der Waals surface area contributed by atoms with Gasteiger partial charge < -0.3 is 4.74 Å². The highest BCUT2D eigenvalue weighted by Crippen LogP contribution is 2.42. The number of amidine groups is 1. The van der Waals surface area contributed by atoms with Crippen molar-refractivity contribution in [1.29, 1.82) is 5.41 Å². The molecule has 12 heteroatoms. The SMILES string of the molecule is [C-]#[N+]c1ccc(N=C2OC(=N)N3N=C(C(F)(F)F)CC23C)cc1C(F)(F)F. The van der Waals surface area contributed by atoms with Crippen LogP contribution in [0.4, 0.5) is 37.7 Å². The van der Waals surface area contributed by atoms with Crippen molar-refractivity contribution < 1.29 is 31.1 Å². The maximum absolute atomic E-state index is 13.1. The largest absolute Gasteiger partial charge is 0.431 e. The Balaban J connectivity index is 2.03. The van der Waals surface area contributed by atoms with E-state index in [-0.39, 0.29) is 11.6 Å². The molecule has 1 fully saturated rings. The number of nitrogens with zero attached hydrogens (tertiary/aromatic N) is 4. The molecule has 1 aromatic carbocycles. The summed E-state index contributed by atoms with van der Waals surface area (Å²) in [6.07, 6.45) is -10.2. The van der Waals surface area contributed by atoms with Crippen molar-refractivity contribution in [1.82, 2.24) is 5.01 Å².